The molecule has 3 nitrogen and oxygen atoms in total. The zero-order valence-corrected chi connectivity index (χ0v) is 10.7. The molecule has 0 spiro atoms. The predicted molar refractivity (Wildman–Crippen MR) is 68.2 cm³/mol. The van der Waals surface area contributed by atoms with Crippen molar-refractivity contribution < 1.29 is 0 Å². The van der Waals surface area contributed by atoms with Crippen LogP contribution in [0.1, 0.15) is 31.7 Å². The standard InChI is InChI=1S/C11H15N3.C2H6/c1-9-7-13-11(8-12-9)10-3-5-14(2)6-4-10;1-2/h3,7-8H,4-6H2,1-2H3;1-2H3. The van der Waals surface area contributed by atoms with Crippen molar-refractivity contribution in [2.75, 3.05) is 20.1 Å². The van der Waals surface area contributed by atoms with Crippen LogP contribution in [-0.2, 0) is 0 Å². The van der Waals surface area contributed by atoms with E-state index in [0.29, 0.717) is 0 Å². The Kier molecular flexibility index (Phi) is 5.12. The van der Waals surface area contributed by atoms with Gasteiger partial charge in [0.2, 0.25) is 0 Å². The number of aryl methyl sites for hydroxylation is 1. The molecule has 0 fully saturated rings. The summed E-state index contributed by atoms with van der Waals surface area (Å²) in [5, 5.41) is 0. The van der Waals surface area contributed by atoms with E-state index in [9.17, 15) is 0 Å². The molecule has 1 aromatic heterocycles. The monoisotopic (exact) mass is 219 g/mol. The van der Waals surface area contributed by atoms with Gasteiger partial charge in [0.25, 0.3) is 0 Å². The van der Waals surface area contributed by atoms with Crippen molar-refractivity contribution in [3.8, 4) is 0 Å². The van der Waals surface area contributed by atoms with E-state index in [1.54, 1.807) is 0 Å². The Balaban J connectivity index is 0.000000606. The first-order valence-corrected chi connectivity index (χ1v) is 5.92. The minimum Gasteiger partial charge on any atom is -0.302 e. The molecule has 1 aromatic rings. The number of hydrogen-bond acceptors (Lipinski definition) is 3. The molecule has 0 aliphatic carbocycles. The lowest BCUT2D eigenvalue weighted by molar-refractivity contribution is 0.369. The maximum absolute atomic E-state index is 4.38. The summed E-state index contributed by atoms with van der Waals surface area (Å²) >= 11 is 0. The molecule has 0 N–H and O–H groups in total. The number of aromatic nitrogens is 2. The molecule has 0 aromatic carbocycles. The molecule has 1 aliphatic heterocycles. The van der Waals surface area contributed by atoms with Crippen LogP contribution < -0.4 is 0 Å². The summed E-state index contributed by atoms with van der Waals surface area (Å²) in [5.74, 6) is 0. The van der Waals surface area contributed by atoms with Crippen molar-refractivity contribution in [1.29, 1.82) is 0 Å². The van der Waals surface area contributed by atoms with Crippen molar-refractivity contribution in [3.63, 3.8) is 0 Å². The van der Waals surface area contributed by atoms with E-state index >= 15 is 0 Å². The molecule has 0 radical (unpaired) electrons. The van der Waals surface area contributed by atoms with Crippen molar-refractivity contribution in [1.82, 2.24) is 14.9 Å². The molecule has 0 saturated heterocycles. The Morgan fingerprint density at radius 2 is 1.94 bits per heavy atom. The number of hydrogen-bond donors (Lipinski definition) is 0. The van der Waals surface area contributed by atoms with Crippen molar-refractivity contribution in [3.05, 3.63) is 29.9 Å². The van der Waals surface area contributed by atoms with Gasteiger partial charge >= 0.3 is 0 Å². The normalized spacial score (nSPS) is 16.1. The highest BCUT2D eigenvalue weighted by Crippen LogP contribution is 2.18. The number of rotatable bonds is 1. The van der Waals surface area contributed by atoms with Gasteiger partial charge in [-0.1, -0.05) is 19.9 Å². The zero-order chi connectivity index (χ0) is 12.0. The maximum Gasteiger partial charge on any atom is 0.0842 e. The fourth-order valence-corrected chi connectivity index (χ4v) is 1.56. The summed E-state index contributed by atoms with van der Waals surface area (Å²) in [6.45, 7) is 8.09. The second-order valence-electron chi connectivity index (χ2n) is 3.78. The molecule has 88 valence electrons. The van der Waals surface area contributed by atoms with Gasteiger partial charge in [-0.15, -0.1) is 0 Å². The highest BCUT2D eigenvalue weighted by atomic mass is 15.1. The van der Waals surface area contributed by atoms with Gasteiger partial charge in [-0.2, -0.15) is 0 Å². The molecule has 0 saturated carbocycles. The Hall–Kier alpha value is -1.22. The van der Waals surface area contributed by atoms with Gasteiger partial charge in [0.05, 0.1) is 17.6 Å². The van der Waals surface area contributed by atoms with Crippen LogP contribution >= 0.6 is 0 Å². The molecule has 0 bridgehead atoms. The Labute approximate surface area is 98.2 Å². The molecule has 0 atom stereocenters. The summed E-state index contributed by atoms with van der Waals surface area (Å²) in [5.41, 5.74) is 3.33. The average Bonchev–Trinajstić information content (AvgIpc) is 2.34. The molecular formula is C13H21N3. The summed E-state index contributed by atoms with van der Waals surface area (Å²) in [6.07, 6.45) is 7.01. The second kappa shape index (κ2) is 6.38. The van der Waals surface area contributed by atoms with Gasteiger partial charge in [-0.25, -0.2) is 0 Å². The lowest BCUT2D eigenvalue weighted by atomic mass is 10.1. The van der Waals surface area contributed by atoms with Crippen LogP contribution in [0.25, 0.3) is 5.57 Å². The van der Waals surface area contributed by atoms with Crippen molar-refractivity contribution in [2.24, 2.45) is 0 Å². The largest absolute Gasteiger partial charge is 0.302 e. The fraction of sp³-hybridized carbons (Fsp3) is 0.538. The van der Waals surface area contributed by atoms with Crippen LogP contribution in [0.2, 0.25) is 0 Å². The Morgan fingerprint density at radius 3 is 2.44 bits per heavy atom. The van der Waals surface area contributed by atoms with E-state index in [1.807, 2.05) is 33.2 Å². The molecular weight excluding hydrogens is 198 g/mol. The first-order valence-electron chi connectivity index (χ1n) is 5.92. The van der Waals surface area contributed by atoms with Crippen LogP contribution in [0.5, 0.6) is 0 Å². The van der Waals surface area contributed by atoms with Crippen LogP contribution in [0.4, 0.5) is 0 Å². The maximum atomic E-state index is 4.38. The SMILES string of the molecule is CC.Cc1cnc(C2=CCN(C)CC2)cn1. The number of nitrogens with zero attached hydrogens (tertiary/aromatic N) is 3. The van der Waals surface area contributed by atoms with Gasteiger partial charge in [0.15, 0.2) is 0 Å². The van der Waals surface area contributed by atoms with Crippen LogP contribution in [0.3, 0.4) is 0 Å². The van der Waals surface area contributed by atoms with E-state index in [2.05, 4.69) is 28.0 Å². The van der Waals surface area contributed by atoms with Crippen molar-refractivity contribution in [2.45, 2.75) is 27.2 Å². The number of likely N-dealkylation sites (N-methyl/N-ethyl adjacent to an activating group) is 1. The zero-order valence-electron chi connectivity index (χ0n) is 10.7. The lowest BCUT2D eigenvalue weighted by Gasteiger charge is -2.21. The minimum atomic E-state index is 0.974. The first-order chi connectivity index (χ1) is 7.75. The molecule has 1 aliphatic rings. The molecule has 2 heterocycles. The van der Waals surface area contributed by atoms with Gasteiger partial charge in [0.1, 0.15) is 0 Å². The summed E-state index contributed by atoms with van der Waals surface area (Å²) in [4.78, 5) is 10.9. The fourth-order valence-electron chi connectivity index (χ4n) is 1.56. The quantitative estimate of drug-likeness (QED) is 0.727. The minimum absolute atomic E-state index is 0.974. The average molecular weight is 219 g/mol. The van der Waals surface area contributed by atoms with Crippen LogP contribution in [0, 0.1) is 6.92 Å². The van der Waals surface area contributed by atoms with E-state index < -0.39 is 0 Å². The van der Waals surface area contributed by atoms with Gasteiger partial charge in [0, 0.05) is 19.3 Å². The lowest BCUT2D eigenvalue weighted by Crippen LogP contribution is -2.23. The predicted octanol–water partition coefficient (Wildman–Crippen LogP) is 2.53. The first kappa shape index (κ1) is 12.8. The van der Waals surface area contributed by atoms with E-state index in [0.717, 1.165) is 30.9 Å². The third-order valence-corrected chi connectivity index (χ3v) is 2.52. The second-order valence-corrected chi connectivity index (χ2v) is 3.78. The van der Waals surface area contributed by atoms with Gasteiger partial charge < -0.3 is 4.90 Å². The third-order valence-electron chi connectivity index (χ3n) is 2.52. The van der Waals surface area contributed by atoms with Crippen LogP contribution in [0.15, 0.2) is 18.5 Å². The van der Waals surface area contributed by atoms with E-state index in [4.69, 9.17) is 0 Å². The molecule has 2 rings (SSSR count). The Morgan fingerprint density at radius 1 is 1.19 bits per heavy atom. The molecule has 0 amide bonds. The summed E-state index contributed by atoms with van der Waals surface area (Å²) < 4.78 is 0. The smallest absolute Gasteiger partial charge is 0.0842 e. The van der Waals surface area contributed by atoms with Gasteiger partial charge in [-0.05, 0) is 26.0 Å². The molecule has 3 heteroatoms. The topological polar surface area (TPSA) is 29.0 Å². The molecule has 16 heavy (non-hydrogen) atoms. The summed E-state index contributed by atoms with van der Waals surface area (Å²) in [6, 6.07) is 0. The highest BCUT2D eigenvalue weighted by molar-refractivity contribution is 5.62. The van der Waals surface area contributed by atoms with Crippen LogP contribution in [-0.4, -0.2) is 35.0 Å². The third kappa shape index (κ3) is 3.42. The van der Waals surface area contributed by atoms with Gasteiger partial charge in [-0.3, -0.25) is 9.97 Å². The Bertz CT molecular complexity index is 341. The van der Waals surface area contributed by atoms with E-state index in [-0.39, 0.29) is 0 Å². The van der Waals surface area contributed by atoms with Crippen molar-refractivity contribution >= 4 is 5.57 Å². The highest BCUT2D eigenvalue weighted by Gasteiger charge is 2.10. The molecule has 0 unspecified atom stereocenters. The van der Waals surface area contributed by atoms with E-state index in [1.165, 1.54) is 5.57 Å². The summed E-state index contributed by atoms with van der Waals surface area (Å²) in [7, 11) is 2.13.